The van der Waals surface area contributed by atoms with Crippen molar-refractivity contribution in [3.05, 3.63) is 53.1 Å². The Balaban J connectivity index is 1.31. The lowest BCUT2D eigenvalue weighted by Crippen LogP contribution is -3.28. The summed E-state index contributed by atoms with van der Waals surface area (Å²) in [5.74, 6) is 1.83. The molecule has 1 fully saturated rings. The third-order valence-corrected chi connectivity index (χ3v) is 6.54. The number of carbonyl (C=O) groups excluding carboxylic acids is 1. The van der Waals surface area contributed by atoms with E-state index in [1.807, 2.05) is 11.0 Å². The number of quaternary nitrogens is 2. The van der Waals surface area contributed by atoms with Crippen molar-refractivity contribution < 1.29 is 24.1 Å². The molecular formula is C24H33N3O3+2. The average molecular weight is 412 g/mol. The molecule has 2 aliphatic heterocycles. The first-order chi connectivity index (χ1) is 14.6. The summed E-state index contributed by atoms with van der Waals surface area (Å²) in [4.78, 5) is 17.8. The van der Waals surface area contributed by atoms with Crippen LogP contribution in [0.25, 0.3) is 0 Å². The molecule has 2 aromatic rings. The zero-order valence-corrected chi connectivity index (χ0v) is 18.3. The quantitative estimate of drug-likeness (QED) is 0.697. The maximum absolute atomic E-state index is 12.9. The molecule has 0 spiro atoms. The molecule has 6 heteroatoms. The van der Waals surface area contributed by atoms with Crippen LogP contribution in [0.3, 0.4) is 0 Å². The molecule has 1 saturated heterocycles. The van der Waals surface area contributed by atoms with Crippen LogP contribution < -0.4 is 24.2 Å². The van der Waals surface area contributed by atoms with Gasteiger partial charge >= 0.3 is 0 Å². The lowest BCUT2D eigenvalue weighted by molar-refractivity contribution is -1.02. The molecule has 0 aromatic heterocycles. The number of fused-ring (bicyclic) bond motifs is 1. The number of carbonyl (C=O) groups is 1. The molecule has 6 nitrogen and oxygen atoms in total. The third kappa shape index (κ3) is 4.30. The van der Waals surface area contributed by atoms with Crippen LogP contribution >= 0.6 is 0 Å². The summed E-state index contributed by atoms with van der Waals surface area (Å²) in [5.41, 5.74) is 4.93. The summed E-state index contributed by atoms with van der Waals surface area (Å²) in [6.45, 7) is 8.74. The highest BCUT2D eigenvalue weighted by molar-refractivity contribution is 5.96. The highest BCUT2D eigenvalue weighted by Gasteiger charge is 2.30. The molecule has 0 unspecified atom stereocenters. The van der Waals surface area contributed by atoms with Crippen LogP contribution in [0.2, 0.25) is 0 Å². The monoisotopic (exact) mass is 411 g/mol. The van der Waals surface area contributed by atoms with Crippen LogP contribution in [0.1, 0.15) is 16.7 Å². The van der Waals surface area contributed by atoms with Gasteiger partial charge in [0.2, 0.25) is 0 Å². The molecule has 2 aliphatic rings. The number of rotatable bonds is 6. The van der Waals surface area contributed by atoms with E-state index in [9.17, 15) is 4.79 Å². The van der Waals surface area contributed by atoms with Gasteiger partial charge in [0, 0.05) is 17.8 Å². The first kappa shape index (κ1) is 20.7. The number of piperazine rings is 1. The number of anilines is 1. The SMILES string of the molecule is COc1cc(C)c(C[NH+]2CC[NH+](CC(=O)N3CCc4ccccc43)CC2)cc1OC. The van der Waals surface area contributed by atoms with Crippen molar-refractivity contribution >= 4 is 11.6 Å². The molecule has 2 N–H and O–H groups in total. The normalized spacial score (nSPS) is 20.7. The minimum absolute atomic E-state index is 0.258. The summed E-state index contributed by atoms with van der Waals surface area (Å²) >= 11 is 0. The number of nitrogens with one attached hydrogen (secondary N) is 2. The Morgan fingerprint density at radius 2 is 1.67 bits per heavy atom. The first-order valence-electron chi connectivity index (χ1n) is 10.9. The molecule has 4 rings (SSSR count). The van der Waals surface area contributed by atoms with E-state index in [4.69, 9.17) is 9.47 Å². The molecular weight excluding hydrogens is 378 g/mol. The van der Waals surface area contributed by atoms with Crippen molar-refractivity contribution in [2.45, 2.75) is 19.9 Å². The number of ether oxygens (including phenoxy) is 2. The fourth-order valence-corrected chi connectivity index (χ4v) is 4.70. The van der Waals surface area contributed by atoms with Gasteiger partial charge in [0.25, 0.3) is 5.91 Å². The van der Waals surface area contributed by atoms with E-state index in [1.165, 1.54) is 21.6 Å². The van der Waals surface area contributed by atoms with Crippen molar-refractivity contribution in [2.75, 3.05) is 58.4 Å². The van der Waals surface area contributed by atoms with E-state index >= 15 is 0 Å². The zero-order chi connectivity index (χ0) is 21.1. The van der Waals surface area contributed by atoms with E-state index in [1.54, 1.807) is 19.1 Å². The Morgan fingerprint density at radius 3 is 2.40 bits per heavy atom. The van der Waals surface area contributed by atoms with Crippen LogP contribution in [-0.4, -0.2) is 59.4 Å². The minimum atomic E-state index is 0.258. The van der Waals surface area contributed by atoms with Gasteiger partial charge in [0.15, 0.2) is 18.0 Å². The molecule has 0 bridgehead atoms. The van der Waals surface area contributed by atoms with Gasteiger partial charge in [-0.25, -0.2) is 0 Å². The molecule has 0 atom stereocenters. The number of nitrogens with zero attached hydrogens (tertiary/aromatic N) is 1. The Morgan fingerprint density at radius 1 is 1.00 bits per heavy atom. The maximum atomic E-state index is 12.9. The van der Waals surface area contributed by atoms with Gasteiger partial charge in [-0.3, -0.25) is 4.79 Å². The smallest absolute Gasteiger partial charge is 0.282 e. The van der Waals surface area contributed by atoms with Crippen molar-refractivity contribution in [3.8, 4) is 11.5 Å². The Kier molecular flexibility index (Phi) is 6.25. The van der Waals surface area contributed by atoms with Crippen LogP contribution in [0.5, 0.6) is 11.5 Å². The fraction of sp³-hybridized carbons (Fsp3) is 0.458. The summed E-state index contributed by atoms with van der Waals surface area (Å²) in [5, 5.41) is 0. The number of methoxy groups -OCH3 is 2. The van der Waals surface area contributed by atoms with Crippen molar-refractivity contribution in [1.29, 1.82) is 0 Å². The average Bonchev–Trinajstić information content (AvgIpc) is 3.20. The summed E-state index contributed by atoms with van der Waals surface area (Å²) in [6, 6.07) is 12.4. The van der Waals surface area contributed by atoms with E-state index in [2.05, 4.69) is 37.3 Å². The van der Waals surface area contributed by atoms with Crippen molar-refractivity contribution in [3.63, 3.8) is 0 Å². The zero-order valence-electron chi connectivity index (χ0n) is 18.3. The molecule has 0 aliphatic carbocycles. The number of para-hydroxylation sites is 1. The number of hydrogen-bond donors (Lipinski definition) is 2. The molecule has 160 valence electrons. The highest BCUT2D eigenvalue weighted by Crippen LogP contribution is 2.30. The van der Waals surface area contributed by atoms with Gasteiger partial charge in [-0.05, 0) is 42.7 Å². The number of benzene rings is 2. The largest absolute Gasteiger partial charge is 0.493 e. The summed E-state index contributed by atoms with van der Waals surface area (Å²) in [6.07, 6.45) is 0.972. The van der Waals surface area contributed by atoms with Gasteiger partial charge in [-0.15, -0.1) is 0 Å². The molecule has 2 heterocycles. The lowest BCUT2D eigenvalue weighted by atomic mass is 10.1. The second-order valence-electron chi connectivity index (χ2n) is 8.41. The standard InChI is InChI=1S/C24H31N3O3/c1-18-14-22(29-2)23(30-3)15-20(18)16-25-10-12-26(13-11-25)17-24(28)27-9-8-19-6-4-5-7-21(19)27/h4-7,14-15H,8-13,16-17H2,1-3H3/p+2. The molecule has 30 heavy (non-hydrogen) atoms. The second-order valence-corrected chi connectivity index (χ2v) is 8.41. The topological polar surface area (TPSA) is 47.7 Å². The van der Waals surface area contributed by atoms with E-state index in [-0.39, 0.29) is 5.91 Å². The van der Waals surface area contributed by atoms with Crippen LogP contribution in [0.4, 0.5) is 5.69 Å². The minimum Gasteiger partial charge on any atom is -0.493 e. The summed E-state index contributed by atoms with van der Waals surface area (Å²) < 4.78 is 10.9. The maximum Gasteiger partial charge on any atom is 0.282 e. The van der Waals surface area contributed by atoms with Crippen LogP contribution in [0.15, 0.2) is 36.4 Å². The summed E-state index contributed by atoms with van der Waals surface area (Å²) in [7, 11) is 3.36. The van der Waals surface area contributed by atoms with Crippen LogP contribution in [-0.2, 0) is 17.8 Å². The van der Waals surface area contributed by atoms with E-state index < -0.39 is 0 Å². The predicted octanol–water partition coefficient (Wildman–Crippen LogP) is -0.115. The van der Waals surface area contributed by atoms with Gasteiger partial charge in [-0.2, -0.15) is 0 Å². The predicted molar refractivity (Wildman–Crippen MR) is 117 cm³/mol. The number of aryl methyl sites for hydroxylation is 1. The number of amides is 1. The molecule has 1 amide bonds. The third-order valence-electron chi connectivity index (χ3n) is 6.54. The number of hydrogen-bond acceptors (Lipinski definition) is 3. The van der Waals surface area contributed by atoms with E-state index in [0.29, 0.717) is 6.54 Å². The van der Waals surface area contributed by atoms with Gasteiger partial charge in [0.05, 0.1) is 14.2 Å². The molecule has 0 saturated carbocycles. The second kappa shape index (κ2) is 9.06. The van der Waals surface area contributed by atoms with Gasteiger partial charge in [-0.1, -0.05) is 18.2 Å². The Hall–Kier alpha value is -2.57. The van der Waals surface area contributed by atoms with E-state index in [0.717, 1.165) is 62.9 Å². The van der Waals surface area contributed by atoms with Crippen molar-refractivity contribution in [1.82, 2.24) is 0 Å². The fourth-order valence-electron chi connectivity index (χ4n) is 4.70. The first-order valence-corrected chi connectivity index (χ1v) is 10.9. The Bertz CT molecular complexity index is 907. The van der Waals surface area contributed by atoms with Gasteiger partial charge < -0.3 is 24.2 Å². The highest BCUT2D eigenvalue weighted by atomic mass is 16.5. The molecule has 0 radical (unpaired) electrons. The van der Waals surface area contributed by atoms with Crippen molar-refractivity contribution in [2.24, 2.45) is 0 Å². The molecule has 2 aromatic carbocycles. The van der Waals surface area contributed by atoms with Gasteiger partial charge in [0.1, 0.15) is 32.7 Å². The lowest BCUT2D eigenvalue weighted by Gasteiger charge is -2.30. The Labute approximate surface area is 179 Å². The van der Waals surface area contributed by atoms with Crippen LogP contribution in [0, 0.1) is 6.92 Å².